The highest BCUT2D eigenvalue weighted by Gasteiger charge is 2.18. The fourth-order valence-electron chi connectivity index (χ4n) is 3.60. The first-order chi connectivity index (χ1) is 11.7. The summed E-state index contributed by atoms with van der Waals surface area (Å²) in [5.74, 6) is 0. The molecule has 0 heterocycles. The predicted octanol–water partition coefficient (Wildman–Crippen LogP) is 4.21. The van der Waals surface area contributed by atoms with Gasteiger partial charge in [0.15, 0.2) is 0 Å². The van der Waals surface area contributed by atoms with Crippen molar-refractivity contribution in [2.24, 2.45) is 0 Å². The topological polar surface area (TPSA) is 32.3 Å². The number of aryl methyl sites for hydroxylation is 3. The normalized spacial score (nSPS) is 15.9. The molecule has 24 heavy (non-hydrogen) atoms. The van der Waals surface area contributed by atoms with E-state index < -0.39 is 6.10 Å². The second-order valence-corrected chi connectivity index (χ2v) is 7.01. The molecule has 2 atom stereocenters. The molecule has 128 valence electrons. The van der Waals surface area contributed by atoms with Gasteiger partial charge in [0.25, 0.3) is 0 Å². The van der Waals surface area contributed by atoms with E-state index in [1.165, 1.54) is 36.0 Å². The highest BCUT2D eigenvalue weighted by Crippen LogP contribution is 2.26. The summed E-state index contributed by atoms with van der Waals surface area (Å²) in [6, 6.07) is 17.2. The summed E-state index contributed by atoms with van der Waals surface area (Å²) in [5.41, 5.74) is 5.36. The van der Waals surface area contributed by atoms with Gasteiger partial charge in [-0.25, -0.2) is 0 Å². The second kappa shape index (κ2) is 8.46. The highest BCUT2D eigenvalue weighted by molar-refractivity contribution is 5.36. The molecule has 2 N–H and O–H groups in total. The number of hydrogen-bond acceptors (Lipinski definition) is 2. The number of aliphatic hydroxyl groups excluding tert-OH is 1. The van der Waals surface area contributed by atoms with E-state index in [-0.39, 0.29) is 6.04 Å². The van der Waals surface area contributed by atoms with Crippen LogP contribution < -0.4 is 5.32 Å². The Kier molecular flexibility index (Phi) is 6.06. The third kappa shape index (κ3) is 4.46. The summed E-state index contributed by atoms with van der Waals surface area (Å²) < 4.78 is 0. The maximum atomic E-state index is 10.6. The minimum Gasteiger partial charge on any atom is -0.387 e. The molecule has 1 aliphatic rings. The molecule has 0 aromatic heterocycles. The van der Waals surface area contributed by atoms with Crippen LogP contribution in [0.25, 0.3) is 0 Å². The Hall–Kier alpha value is -1.64. The minimum absolute atomic E-state index is 0.0844. The number of rotatable bonds is 8. The molecule has 0 aliphatic heterocycles. The number of aliphatic hydroxyl groups is 1. The zero-order chi connectivity index (χ0) is 16.8. The average Bonchev–Trinajstić information content (AvgIpc) is 3.09. The van der Waals surface area contributed by atoms with Gasteiger partial charge in [0.2, 0.25) is 0 Å². The fraction of sp³-hybridized carbons (Fsp3) is 0.455. The summed E-state index contributed by atoms with van der Waals surface area (Å²) in [7, 11) is 0. The maximum Gasteiger partial charge on any atom is 0.0940 e. The molecule has 3 rings (SSSR count). The molecule has 0 bridgehead atoms. The fourth-order valence-corrected chi connectivity index (χ4v) is 3.60. The first-order valence-electron chi connectivity index (χ1n) is 9.31. The van der Waals surface area contributed by atoms with Crippen molar-refractivity contribution in [2.75, 3.05) is 6.54 Å². The first kappa shape index (κ1) is 17.2. The van der Waals surface area contributed by atoms with Crippen molar-refractivity contribution in [3.63, 3.8) is 0 Å². The molecule has 2 heteroatoms. The van der Waals surface area contributed by atoms with Gasteiger partial charge in [-0.3, -0.25) is 0 Å². The lowest BCUT2D eigenvalue weighted by Gasteiger charge is -2.21. The van der Waals surface area contributed by atoms with Gasteiger partial charge in [0.05, 0.1) is 6.10 Å². The molecular weight excluding hydrogens is 294 g/mol. The quantitative estimate of drug-likeness (QED) is 0.713. The summed E-state index contributed by atoms with van der Waals surface area (Å²) in [5, 5.41) is 14.1. The van der Waals surface area contributed by atoms with Crippen LogP contribution in [0.5, 0.6) is 0 Å². The van der Waals surface area contributed by atoms with E-state index in [9.17, 15) is 5.11 Å². The largest absolute Gasteiger partial charge is 0.387 e. The van der Waals surface area contributed by atoms with Gasteiger partial charge < -0.3 is 10.4 Å². The Morgan fingerprint density at radius 1 is 1.00 bits per heavy atom. The van der Waals surface area contributed by atoms with Crippen LogP contribution in [-0.2, 0) is 19.3 Å². The molecule has 0 saturated carbocycles. The SMILES string of the molecule is CC(NCCCCc1ccccc1)C(O)c1ccc2c(c1)CCC2. The molecular formula is C22H29NO. The Morgan fingerprint density at radius 3 is 2.62 bits per heavy atom. The van der Waals surface area contributed by atoms with Crippen LogP contribution in [0.3, 0.4) is 0 Å². The molecule has 2 aromatic carbocycles. The van der Waals surface area contributed by atoms with Crippen molar-refractivity contribution in [2.45, 2.75) is 57.6 Å². The van der Waals surface area contributed by atoms with E-state index in [1.807, 2.05) is 0 Å². The van der Waals surface area contributed by atoms with E-state index in [4.69, 9.17) is 0 Å². The molecule has 2 aromatic rings. The third-order valence-electron chi connectivity index (χ3n) is 5.14. The molecule has 0 saturated heterocycles. The third-order valence-corrected chi connectivity index (χ3v) is 5.14. The lowest BCUT2D eigenvalue weighted by Crippen LogP contribution is -2.33. The van der Waals surface area contributed by atoms with Crippen LogP contribution >= 0.6 is 0 Å². The minimum atomic E-state index is -0.426. The molecule has 2 unspecified atom stereocenters. The van der Waals surface area contributed by atoms with Gasteiger partial charge >= 0.3 is 0 Å². The summed E-state index contributed by atoms with van der Waals surface area (Å²) in [4.78, 5) is 0. The number of fused-ring (bicyclic) bond motifs is 1. The zero-order valence-electron chi connectivity index (χ0n) is 14.7. The van der Waals surface area contributed by atoms with E-state index in [0.717, 1.165) is 31.4 Å². The molecule has 0 radical (unpaired) electrons. The Balaban J connectivity index is 1.40. The lowest BCUT2D eigenvalue weighted by molar-refractivity contribution is 0.136. The van der Waals surface area contributed by atoms with E-state index in [1.54, 1.807) is 0 Å². The van der Waals surface area contributed by atoms with Crippen molar-refractivity contribution in [1.29, 1.82) is 0 Å². The average molecular weight is 323 g/mol. The number of nitrogens with one attached hydrogen (secondary N) is 1. The summed E-state index contributed by atoms with van der Waals surface area (Å²) in [6.45, 7) is 3.03. The monoisotopic (exact) mass is 323 g/mol. The van der Waals surface area contributed by atoms with Crippen molar-refractivity contribution in [3.05, 3.63) is 70.8 Å². The maximum absolute atomic E-state index is 10.6. The molecule has 1 aliphatic carbocycles. The van der Waals surface area contributed by atoms with Gasteiger partial charge in [-0.05, 0) is 74.2 Å². The van der Waals surface area contributed by atoms with Gasteiger partial charge in [-0.15, -0.1) is 0 Å². The number of unbranched alkanes of at least 4 members (excludes halogenated alkanes) is 1. The van der Waals surface area contributed by atoms with Crippen molar-refractivity contribution < 1.29 is 5.11 Å². The Labute approximate surface area is 145 Å². The Morgan fingerprint density at radius 2 is 1.79 bits per heavy atom. The van der Waals surface area contributed by atoms with E-state index in [0.29, 0.717) is 0 Å². The van der Waals surface area contributed by atoms with Crippen LogP contribution in [0.1, 0.15) is 54.5 Å². The number of hydrogen-bond donors (Lipinski definition) is 2. The van der Waals surface area contributed by atoms with Gasteiger partial charge in [0, 0.05) is 6.04 Å². The van der Waals surface area contributed by atoms with Gasteiger partial charge in [-0.2, -0.15) is 0 Å². The predicted molar refractivity (Wildman–Crippen MR) is 100 cm³/mol. The standard InChI is InChI=1S/C22H29NO/c1-17(23-15-6-5-10-18-8-3-2-4-9-18)22(24)21-14-13-19-11-7-12-20(19)16-21/h2-4,8-9,13-14,16-17,22-24H,5-7,10-12,15H2,1H3. The molecule has 0 amide bonds. The second-order valence-electron chi connectivity index (χ2n) is 7.01. The van der Waals surface area contributed by atoms with Crippen LogP contribution in [0.4, 0.5) is 0 Å². The van der Waals surface area contributed by atoms with Gasteiger partial charge in [-0.1, -0.05) is 48.5 Å². The summed E-state index contributed by atoms with van der Waals surface area (Å²) in [6.07, 6.45) is 6.63. The van der Waals surface area contributed by atoms with Crippen LogP contribution in [0.2, 0.25) is 0 Å². The molecule has 2 nitrogen and oxygen atoms in total. The zero-order valence-corrected chi connectivity index (χ0v) is 14.7. The Bertz CT molecular complexity index is 638. The molecule has 0 fully saturated rings. The van der Waals surface area contributed by atoms with Crippen molar-refractivity contribution in [1.82, 2.24) is 5.32 Å². The first-order valence-corrected chi connectivity index (χ1v) is 9.31. The highest BCUT2D eigenvalue weighted by atomic mass is 16.3. The van der Waals surface area contributed by atoms with E-state index in [2.05, 4.69) is 60.8 Å². The van der Waals surface area contributed by atoms with Crippen molar-refractivity contribution in [3.8, 4) is 0 Å². The van der Waals surface area contributed by atoms with E-state index >= 15 is 0 Å². The smallest absolute Gasteiger partial charge is 0.0940 e. The molecule has 0 spiro atoms. The summed E-state index contributed by atoms with van der Waals surface area (Å²) >= 11 is 0. The van der Waals surface area contributed by atoms with Gasteiger partial charge in [0.1, 0.15) is 0 Å². The van der Waals surface area contributed by atoms with Crippen molar-refractivity contribution >= 4 is 0 Å². The van der Waals surface area contributed by atoms with Crippen LogP contribution in [0.15, 0.2) is 48.5 Å². The lowest BCUT2D eigenvalue weighted by atomic mass is 9.99. The number of benzene rings is 2. The van der Waals surface area contributed by atoms with Crippen LogP contribution in [0, 0.1) is 0 Å². The van der Waals surface area contributed by atoms with Crippen LogP contribution in [-0.4, -0.2) is 17.7 Å².